The summed E-state index contributed by atoms with van der Waals surface area (Å²) in [7, 11) is 0. The number of aliphatic hydroxyl groups excluding tert-OH is 1. The minimum absolute atomic E-state index is 0.0806. The van der Waals surface area contributed by atoms with E-state index < -0.39 is 17.7 Å². The third-order valence-corrected chi connectivity index (χ3v) is 6.15. The van der Waals surface area contributed by atoms with Crippen molar-refractivity contribution in [2.75, 3.05) is 18.1 Å². The number of rotatable bonds is 7. The average Bonchev–Trinajstić information content (AvgIpc) is 3.12. The van der Waals surface area contributed by atoms with E-state index >= 15 is 0 Å². The number of carbonyl (C=O) groups is 2. The highest BCUT2D eigenvalue weighted by Crippen LogP contribution is 2.45. The van der Waals surface area contributed by atoms with E-state index in [2.05, 4.69) is 0 Å². The van der Waals surface area contributed by atoms with Crippen molar-refractivity contribution < 1.29 is 29.3 Å². The highest BCUT2D eigenvalue weighted by atomic mass is 35.5. The number of phenols is 1. The summed E-state index contributed by atoms with van der Waals surface area (Å²) < 4.78 is 11.0. The molecule has 1 heterocycles. The Bertz CT molecular complexity index is 1350. The molecular formula is C28H26ClNO6. The maximum atomic E-state index is 13.4. The molecule has 36 heavy (non-hydrogen) atoms. The zero-order chi connectivity index (χ0) is 26.0. The Balaban J connectivity index is 1.95. The average molecular weight is 508 g/mol. The number of nitrogens with zero attached hydrogens (tertiary/aromatic N) is 1. The number of halogens is 1. The van der Waals surface area contributed by atoms with Crippen molar-refractivity contribution in [1.82, 2.24) is 0 Å². The van der Waals surface area contributed by atoms with Gasteiger partial charge in [-0.25, -0.2) is 0 Å². The number of carbonyl (C=O) groups excluding carboxylic acids is 2. The Labute approximate surface area is 214 Å². The lowest BCUT2D eigenvalue weighted by molar-refractivity contribution is -0.132. The van der Waals surface area contributed by atoms with Gasteiger partial charge in [-0.05, 0) is 80.4 Å². The maximum Gasteiger partial charge on any atom is 0.300 e. The number of anilines is 1. The van der Waals surface area contributed by atoms with Crippen LogP contribution in [0.3, 0.4) is 0 Å². The van der Waals surface area contributed by atoms with Gasteiger partial charge in [-0.3, -0.25) is 14.5 Å². The molecule has 3 aromatic carbocycles. The maximum absolute atomic E-state index is 13.4. The predicted octanol–water partition coefficient (Wildman–Crippen LogP) is 5.78. The molecule has 1 aliphatic heterocycles. The van der Waals surface area contributed by atoms with E-state index in [-0.39, 0.29) is 22.8 Å². The summed E-state index contributed by atoms with van der Waals surface area (Å²) in [6.07, 6.45) is 0. The second kappa shape index (κ2) is 10.3. The number of aromatic hydroxyl groups is 1. The molecule has 1 fully saturated rings. The number of Topliss-reactive ketones (excluding diaryl/α,β-unsaturated/α-hetero) is 1. The summed E-state index contributed by atoms with van der Waals surface area (Å²) in [4.78, 5) is 28.1. The van der Waals surface area contributed by atoms with E-state index in [1.165, 1.54) is 11.0 Å². The second-order valence-electron chi connectivity index (χ2n) is 8.22. The van der Waals surface area contributed by atoms with Gasteiger partial charge < -0.3 is 19.7 Å². The predicted molar refractivity (Wildman–Crippen MR) is 138 cm³/mol. The van der Waals surface area contributed by atoms with Gasteiger partial charge in [0.25, 0.3) is 11.7 Å². The number of aliphatic hydroxyl groups is 1. The van der Waals surface area contributed by atoms with Gasteiger partial charge in [0.1, 0.15) is 11.5 Å². The van der Waals surface area contributed by atoms with Crippen LogP contribution in [0.5, 0.6) is 17.2 Å². The summed E-state index contributed by atoms with van der Waals surface area (Å²) in [5.74, 6) is -1.23. The van der Waals surface area contributed by atoms with Crippen molar-refractivity contribution in [3.8, 4) is 17.2 Å². The van der Waals surface area contributed by atoms with Crippen LogP contribution in [-0.4, -0.2) is 35.1 Å². The summed E-state index contributed by atoms with van der Waals surface area (Å²) in [5.41, 5.74) is 1.90. The van der Waals surface area contributed by atoms with Gasteiger partial charge in [-0.1, -0.05) is 23.7 Å². The first-order chi connectivity index (χ1) is 17.3. The normalized spacial score (nSPS) is 16.9. The molecule has 1 atom stereocenters. The molecule has 0 aliphatic carbocycles. The van der Waals surface area contributed by atoms with Crippen molar-refractivity contribution >= 4 is 34.7 Å². The lowest BCUT2D eigenvalue weighted by Gasteiger charge is -2.27. The minimum Gasteiger partial charge on any atom is -0.507 e. The number of benzene rings is 3. The van der Waals surface area contributed by atoms with Crippen LogP contribution in [0.4, 0.5) is 5.69 Å². The van der Waals surface area contributed by atoms with E-state index in [1.807, 2.05) is 6.92 Å². The van der Waals surface area contributed by atoms with Crippen LogP contribution in [0, 0.1) is 6.92 Å². The van der Waals surface area contributed by atoms with Crippen LogP contribution in [0.1, 0.15) is 36.6 Å². The van der Waals surface area contributed by atoms with Crippen LogP contribution in [0.15, 0.2) is 66.2 Å². The number of ketones is 1. The van der Waals surface area contributed by atoms with Gasteiger partial charge in [0.15, 0.2) is 11.5 Å². The van der Waals surface area contributed by atoms with Crippen LogP contribution in [0.25, 0.3) is 5.76 Å². The molecule has 1 unspecified atom stereocenters. The van der Waals surface area contributed by atoms with Crippen molar-refractivity contribution in [1.29, 1.82) is 0 Å². The molecule has 8 heteroatoms. The first-order valence-electron chi connectivity index (χ1n) is 11.5. The van der Waals surface area contributed by atoms with Crippen LogP contribution < -0.4 is 14.4 Å². The summed E-state index contributed by atoms with van der Waals surface area (Å²) in [6.45, 7) is 6.23. The van der Waals surface area contributed by atoms with Gasteiger partial charge in [0, 0.05) is 16.3 Å². The van der Waals surface area contributed by atoms with E-state index in [1.54, 1.807) is 68.4 Å². The second-order valence-corrected chi connectivity index (χ2v) is 8.65. The lowest BCUT2D eigenvalue weighted by atomic mass is 9.94. The third-order valence-electron chi connectivity index (χ3n) is 5.91. The van der Waals surface area contributed by atoms with Crippen LogP contribution in [0.2, 0.25) is 5.02 Å². The molecular weight excluding hydrogens is 482 g/mol. The number of phenolic OH excluding ortho intramolecular Hbond substituents is 1. The fourth-order valence-corrected chi connectivity index (χ4v) is 4.41. The Morgan fingerprint density at radius 3 is 2.33 bits per heavy atom. The quantitative estimate of drug-likeness (QED) is 0.239. The molecule has 0 spiro atoms. The summed E-state index contributed by atoms with van der Waals surface area (Å²) in [6, 6.07) is 15.3. The first kappa shape index (κ1) is 25.1. The van der Waals surface area contributed by atoms with Gasteiger partial charge in [-0.2, -0.15) is 0 Å². The summed E-state index contributed by atoms with van der Waals surface area (Å²) in [5, 5.41) is 21.9. The molecule has 1 saturated heterocycles. The number of ether oxygens (including phenoxy) is 2. The molecule has 0 bridgehead atoms. The van der Waals surface area contributed by atoms with Crippen molar-refractivity contribution in [2.45, 2.75) is 26.8 Å². The molecule has 1 amide bonds. The molecule has 2 N–H and O–H groups in total. The lowest BCUT2D eigenvalue weighted by Crippen LogP contribution is -2.30. The van der Waals surface area contributed by atoms with Crippen LogP contribution in [-0.2, 0) is 9.59 Å². The van der Waals surface area contributed by atoms with Crippen LogP contribution >= 0.6 is 11.6 Å². The molecule has 0 radical (unpaired) electrons. The monoisotopic (exact) mass is 507 g/mol. The van der Waals surface area contributed by atoms with E-state index in [0.29, 0.717) is 40.8 Å². The van der Waals surface area contributed by atoms with Gasteiger partial charge in [-0.15, -0.1) is 0 Å². The molecule has 4 rings (SSSR count). The van der Waals surface area contributed by atoms with Gasteiger partial charge >= 0.3 is 0 Å². The summed E-state index contributed by atoms with van der Waals surface area (Å²) >= 11 is 6.25. The molecule has 0 saturated carbocycles. The Morgan fingerprint density at radius 2 is 1.67 bits per heavy atom. The Kier molecular flexibility index (Phi) is 7.22. The van der Waals surface area contributed by atoms with Gasteiger partial charge in [0.05, 0.1) is 24.8 Å². The molecule has 1 aliphatic rings. The van der Waals surface area contributed by atoms with E-state index in [9.17, 15) is 19.8 Å². The largest absolute Gasteiger partial charge is 0.507 e. The number of hydrogen-bond acceptors (Lipinski definition) is 6. The van der Waals surface area contributed by atoms with Crippen molar-refractivity contribution in [3.63, 3.8) is 0 Å². The molecule has 3 aromatic rings. The SMILES string of the molecule is CCOc1ccc(/C(O)=C2\C(=O)C(=O)N(c3cc(Cl)ccc3C)C2c2ccc(O)c(OCC)c2)cc1. The van der Waals surface area contributed by atoms with Gasteiger partial charge in [0.2, 0.25) is 0 Å². The fourth-order valence-electron chi connectivity index (χ4n) is 4.24. The highest BCUT2D eigenvalue weighted by molar-refractivity contribution is 6.52. The zero-order valence-corrected chi connectivity index (χ0v) is 20.9. The Morgan fingerprint density at radius 1 is 0.972 bits per heavy atom. The number of hydrogen-bond donors (Lipinski definition) is 2. The molecule has 7 nitrogen and oxygen atoms in total. The minimum atomic E-state index is -0.992. The van der Waals surface area contributed by atoms with Crippen molar-refractivity contribution in [3.05, 3.63) is 87.9 Å². The molecule has 0 aromatic heterocycles. The third kappa shape index (κ3) is 4.62. The Hall–Kier alpha value is -3.97. The number of amides is 1. The topological polar surface area (TPSA) is 96.3 Å². The number of aryl methyl sites for hydroxylation is 1. The first-order valence-corrected chi connectivity index (χ1v) is 11.9. The zero-order valence-electron chi connectivity index (χ0n) is 20.1. The van der Waals surface area contributed by atoms with E-state index in [0.717, 1.165) is 5.56 Å². The fraction of sp³-hybridized carbons (Fsp3) is 0.214. The highest BCUT2D eigenvalue weighted by Gasteiger charge is 2.47. The van der Waals surface area contributed by atoms with E-state index in [4.69, 9.17) is 21.1 Å². The molecule has 186 valence electrons. The smallest absolute Gasteiger partial charge is 0.300 e. The standard InChI is InChI=1S/C28H26ClNO6/c1-4-35-20-11-7-17(8-12-20)26(32)24-25(18-9-13-22(31)23(14-18)36-5-2)30(28(34)27(24)33)21-15-19(29)10-6-16(21)3/h6-15,25,31-32H,4-5H2,1-3H3/b26-24+. The van der Waals surface area contributed by atoms with Crippen molar-refractivity contribution in [2.24, 2.45) is 0 Å².